The molecule has 5 nitrogen and oxygen atoms in total. The van der Waals surface area contributed by atoms with Crippen molar-refractivity contribution in [3.05, 3.63) is 135 Å². The van der Waals surface area contributed by atoms with E-state index in [9.17, 15) is 31.5 Å². The molecule has 0 saturated carbocycles. The lowest BCUT2D eigenvalue weighted by Crippen LogP contribution is -2.34. The standard InChI is InChI=1S/C40H38F5N3O2S.ClH/c1-2-47(24-27-9-12-29(13-10-27)30-14-16-32(17-15-30)40(43,44)45)37(50)25-48-35-18-11-28(23-46-19-4-3-5-20-46)21-33(35)36(49)22-38(48)51-26-31-7-6-8-34(41)39(31)42;/h6-18,21-22H,2-5,19-20,23-26H2,1H3;1H. The lowest BCUT2D eigenvalue weighted by Gasteiger charge is -2.27. The molecule has 6 rings (SSSR count). The fraction of sp³-hybridized carbons (Fsp3) is 0.300. The molecule has 1 aromatic heterocycles. The summed E-state index contributed by atoms with van der Waals surface area (Å²) in [6.07, 6.45) is -0.900. The number of benzene rings is 4. The van der Waals surface area contributed by atoms with Crippen LogP contribution in [0.1, 0.15) is 48.4 Å². The van der Waals surface area contributed by atoms with Gasteiger partial charge in [0.1, 0.15) is 6.54 Å². The number of hydrogen-bond donors (Lipinski definition) is 0. The van der Waals surface area contributed by atoms with Crippen molar-refractivity contribution in [1.82, 2.24) is 14.4 Å². The highest BCUT2D eigenvalue weighted by Gasteiger charge is 2.30. The van der Waals surface area contributed by atoms with E-state index < -0.39 is 23.4 Å². The number of carbonyl (C=O) groups is 1. The SMILES string of the molecule is CCN(Cc1ccc(-c2ccc(C(F)(F)F)cc2)cc1)C(=O)Cn1c(SCc2cccc(F)c2F)cc(=O)c2cc(CN3CCCCC3)ccc21.Cl. The van der Waals surface area contributed by atoms with Crippen molar-refractivity contribution in [2.75, 3.05) is 19.6 Å². The number of alkyl halides is 3. The van der Waals surface area contributed by atoms with Gasteiger partial charge in [-0.15, -0.1) is 24.2 Å². The molecule has 1 aliphatic rings. The van der Waals surface area contributed by atoms with Crippen LogP contribution in [-0.4, -0.2) is 39.9 Å². The molecule has 0 N–H and O–H groups in total. The molecule has 0 aliphatic carbocycles. The van der Waals surface area contributed by atoms with Crippen LogP contribution in [0.2, 0.25) is 0 Å². The largest absolute Gasteiger partial charge is 0.416 e. The van der Waals surface area contributed by atoms with E-state index in [1.54, 1.807) is 9.47 Å². The van der Waals surface area contributed by atoms with Gasteiger partial charge in [0.15, 0.2) is 17.1 Å². The van der Waals surface area contributed by atoms with Crippen LogP contribution in [0.4, 0.5) is 22.0 Å². The lowest BCUT2D eigenvalue weighted by molar-refractivity contribution is -0.137. The van der Waals surface area contributed by atoms with Gasteiger partial charge in [0.25, 0.3) is 0 Å². The topological polar surface area (TPSA) is 45.6 Å². The number of hydrogen-bond acceptors (Lipinski definition) is 4. The molecule has 1 saturated heterocycles. The van der Waals surface area contributed by atoms with Crippen LogP contribution in [0, 0.1) is 11.6 Å². The molecule has 4 aromatic carbocycles. The molecule has 1 amide bonds. The Morgan fingerprint density at radius 3 is 2.15 bits per heavy atom. The minimum absolute atomic E-state index is 0. The molecule has 0 spiro atoms. The van der Waals surface area contributed by atoms with Gasteiger partial charge in [0.2, 0.25) is 5.91 Å². The number of halogens is 6. The summed E-state index contributed by atoms with van der Waals surface area (Å²) in [5.74, 6) is -2.05. The van der Waals surface area contributed by atoms with Crippen LogP contribution in [0.5, 0.6) is 0 Å². The van der Waals surface area contributed by atoms with Crippen LogP contribution >= 0.6 is 24.2 Å². The first-order valence-corrected chi connectivity index (χ1v) is 18.0. The summed E-state index contributed by atoms with van der Waals surface area (Å²) in [4.78, 5) is 31.5. The molecule has 0 atom stereocenters. The summed E-state index contributed by atoms with van der Waals surface area (Å²) in [7, 11) is 0. The summed E-state index contributed by atoms with van der Waals surface area (Å²) in [6.45, 7) is 5.21. The van der Waals surface area contributed by atoms with Crippen LogP contribution < -0.4 is 5.43 Å². The molecule has 1 aliphatic heterocycles. The molecule has 0 bridgehead atoms. The number of aromatic nitrogens is 1. The molecule has 52 heavy (non-hydrogen) atoms. The Bertz CT molecular complexity index is 2060. The maximum absolute atomic E-state index is 14.6. The summed E-state index contributed by atoms with van der Waals surface area (Å²) in [5, 5.41) is 0.950. The third kappa shape index (κ3) is 9.23. The number of rotatable bonds is 11. The first kappa shape index (κ1) is 39.0. The first-order valence-electron chi connectivity index (χ1n) is 17.0. The normalized spacial score (nSPS) is 13.6. The molecule has 2 heterocycles. The van der Waals surface area contributed by atoms with Gasteiger partial charge < -0.3 is 9.47 Å². The summed E-state index contributed by atoms with van der Waals surface area (Å²) < 4.78 is 69.3. The zero-order valence-corrected chi connectivity index (χ0v) is 30.2. The number of piperidine rings is 1. The van der Waals surface area contributed by atoms with Crippen LogP contribution in [0.3, 0.4) is 0 Å². The Morgan fingerprint density at radius 2 is 1.50 bits per heavy atom. The van der Waals surface area contributed by atoms with Crippen molar-refractivity contribution in [2.45, 2.75) is 62.8 Å². The van der Waals surface area contributed by atoms with E-state index in [0.29, 0.717) is 28.0 Å². The molecule has 5 aromatic rings. The predicted molar refractivity (Wildman–Crippen MR) is 198 cm³/mol. The highest BCUT2D eigenvalue weighted by atomic mass is 35.5. The molecule has 0 unspecified atom stereocenters. The van der Waals surface area contributed by atoms with E-state index in [2.05, 4.69) is 4.90 Å². The zero-order valence-electron chi connectivity index (χ0n) is 28.6. The Balaban J connectivity index is 0.00000523. The number of amides is 1. The van der Waals surface area contributed by atoms with Crippen molar-refractivity contribution in [3.8, 4) is 11.1 Å². The van der Waals surface area contributed by atoms with Gasteiger partial charge in [0, 0.05) is 42.4 Å². The van der Waals surface area contributed by atoms with Gasteiger partial charge in [-0.3, -0.25) is 14.5 Å². The van der Waals surface area contributed by atoms with Crippen LogP contribution in [0.15, 0.2) is 101 Å². The smallest absolute Gasteiger partial charge is 0.337 e. The van der Waals surface area contributed by atoms with Crippen molar-refractivity contribution >= 4 is 41.0 Å². The highest BCUT2D eigenvalue weighted by molar-refractivity contribution is 7.98. The number of likely N-dealkylation sites (N-methyl/N-ethyl adjacent to an activating group) is 1. The van der Waals surface area contributed by atoms with Crippen molar-refractivity contribution in [1.29, 1.82) is 0 Å². The summed E-state index contributed by atoms with van der Waals surface area (Å²) in [6, 6.07) is 23.5. The van der Waals surface area contributed by atoms with Gasteiger partial charge in [-0.2, -0.15) is 13.2 Å². The summed E-state index contributed by atoms with van der Waals surface area (Å²) >= 11 is 1.17. The van der Waals surface area contributed by atoms with Gasteiger partial charge in [-0.05, 0) is 85.4 Å². The Morgan fingerprint density at radius 1 is 0.846 bits per heavy atom. The monoisotopic (exact) mass is 755 g/mol. The third-order valence-electron chi connectivity index (χ3n) is 9.30. The fourth-order valence-electron chi connectivity index (χ4n) is 6.46. The number of carbonyl (C=O) groups excluding carboxylic acids is 1. The minimum Gasteiger partial charge on any atom is -0.337 e. The van der Waals surface area contributed by atoms with E-state index in [1.165, 1.54) is 48.5 Å². The third-order valence-corrected chi connectivity index (χ3v) is 10.4. The van der Waals surface area contributed by atoms with E-state index in [1.807, 2.05) is 49.4 Å². The predicted octanol–water partition coefficient (Wildman–Crippen LogP) is 9.71. The Hall–Kier alpha value is -4.19. The molecule has 0 radical (unpaired) electrons. The number of thioether (sulfide) groups is 1. The van der Waals surface area contributed by atoms with Crippen molar-refractivity contribution in [3.63, 3.8) is 0 Å². The Kier molecular flexibility index (Phi) is 12.8. The second-order valence-corrected chi connectivity index (χ2v) is 13.8. The van der Waals surface area contributed by atoms with Gasteiger partial charge in [0.05, 0.1) is 16.1 Å². The van der Waals surface area contributed by atoms with Crippen molar-refractivity contribution < 1.29 is 26.7 Å². The van der Waals surface area contributed by atoms with E-state index in [4.69, 9.17) is 0 Å². The van der Waals surface area contributed by atoms with E-state index in [-0.39, 0.29) is 48.1 Å². The Labute approximate surface area is 309 Å². The second-order valence-electron chi connectivity index (χ2n) is 12.8. The number of pyridine rings is 1. The maximum atomic E-state index is 14.6. The number of likely N-dealkylation sites (tertiary alicyclic amines) is 1. The fourth-order valence-corrected chi connectivity index (χ4v) is 7.49. The second kappa shape index (κ2) is 17.1. The van der Waals surface area contributed by atoms with E-state index in [0.717, 1.165) is 67.4 Å². The molecular weight excluding hydrogens is 717 g/mol. The van der Waals surface area contributed by atoms with Gasteiger partial charge >= 0.3 is 6.18 Å². The minimum atomic E-state index is -4.41. The molecule has 12 heteroatoms. The lowest BCUT2D eigenvalue weighted by atomic mass is 10.0. The average molecular weight is 756 g/mol. The van der Waals surface area contributed by atoms with Crippen LogP contribution in [0.25, 0.3) is 22.0 Å². The molecule has 274 valence electrons. The highest BCUT2D eigenvalue weighted by Crippen LogP contribution is 2.32. The van der Waals surface area contributed by atoms with Gasteiger partial charge in [-0.25, -0.2) is 8.78 Å². The molecular formula is C40H39ClF5N3O2S. The summed E-state index contributed by atoms with van der Waals surface area (Å²) in [5.41, 5.74) is 3.05. The quantitative estimate of drug-likeness (QED) is 0.0996. The van der Waals surface area contributed by atoms with E-state index >= 15 is 0 Å². The number of fused-ring (bicyclic) bond motifs is 1. The van der Waals surface area contributed by atoms with Gasteiger partial charge in [-0.1, -0.05) is 61.0 Å². The maximum Gasteiger partial charge on any atom is 0.416 e. The zero-order chi connectivity index (χ0) is 36.1. The first-order chi connectivity index (χ1) is 24.5. The number of nitrogens with zero attached hydrogens (tertiary/aromatic N) is 3. The van der Waals surface area contributed by atoms with Crippen molar-refractivity contribution in [2.24, 2.45) is 0 Å². The molecule has 1 fully saturated rings. The average Bonchev–Trinajstić information content (AvgIpc) is 3.13. The van der Waals surface area contributed by atoms with Crippen LogP contribution in [-0.2, 0) is 36.4 Å².